The van der Waals surface area contributed by atoms with Gasteiger partial charge in [-0.3, -0.25) is 4.79 Å². The maximum Gasteiger partial charge on any atom is 0.323 e. The number of pyridine rings is 1. The van der Waals surface area contributed by atoms with Crippen LogP contribution in [0.4, 0.5) is 10.5 Å². The Morgan fingerprint density at radius 2 is 2.12 bits per heavy atom. The highest BCUT2D eigenvalue weighted by Gasteiger charge is 2.31. The number of anilines is 1. The lowest BCUT2D eigenvalue weighted by Crippen LogP contribution is -2.53. The van der Waals surface area contributed by atoms with Gasteiger partial charge in [-0.25, -0.2) is 9.78 Å². The third kappa shape index (κ3) is 3.88. The molecule has 1 aromatic heterocycles. The first-order valence-corrected chi connectivity index (χ1v) is 8.16. The number of aromatic nitrogens is 1. The van der Waals surface area contributed by atoms with Crippen LogP contribution in [0.15, 0.2) is 48.7 Å². The van der Waals surface area contributed by atoms with Gasteiger partial charge in [0.1, 0.15) is 12.2 Å². The molecule has 1 aromatic carbocycles. The standard InChI is InChI=1S/C18H20N4O3/c1-2-25-17-14(9-6-10-19-17)21-18(24)22-12-16(23)20-11-15(22)13-7-4-3-5-8-13/h3-10,15H,2,11-12H2,1H3,(H,20,23)(H,21,24). The average Bonchev–Trinajstić information content (AvgIpc) is 2.64. The Labute approximate surface area is 146 Å². The molecule has 2 N–H and O–H groups in total. The largest absolute Gasteiger partial charge is 0.476 e. The number of hydrogen-bond acceptors (Lipinski definition) is 4. The van der Waals surface area contributed by atoms with Crippen molar-refractivity contribution in [3.05, 3.63) is 54.2 Å². The van der Waals surface area contributed by atoms with E-state index in [1.54, 1.807) is 18.3 Å². The van der Waals surface area contributed by atoms with Crippen molar-refractivity contribution in [3.8, 4) is 5.88 Å². The summed E-state index contributed by atoms with van der Waals surface area (Å²) in [4.78, 5) is 30.3. The lowest BCUT2D eigenvalue weighted by molar-refractivity contribution is -0.124. The molecule has 7 nitrogen and oxygen atoms in total. The van der Waals surface area contributed by atoms with E-state index >= 15 is 0 Å². The summed E-state index contributed by atoms with van der Waals surface area (Å²) in [7, 11) is 0. The molecule has 1 aliphatic rings. The van der Waals surface area contributed by atoms with E-state index in [9.17, 15) is 9.59 Å². The number of urea groups is 1. The molecule has 0 radical (unpaired) electrons. The van der Waals surface area contributed by atoms with Gasteiger partial charge >= 0.3 is 6.03 Å². The van der Waals surface area contributed by atoms with Gasteiger partial charge in [0.15, 0.2) is 0 Å². The van der Waals surface area contributed by atoms with Gasteiger partial charge < -0.3 is 20.3 Å². The van der Waals surface area contributed by atoms with Crippen LogP contribution in [0, 0.1) is 0 Å². The van der Waals surface area contributed by atoms with E-state index in [-0.39, 0.29) is 24.5 Å². The monoisotopic (exact) mass is 340 g/mol. The predicted octanol–water partition coefficient (Wildman–Crippen LogP) is 2.19. The minimum Gasteiger partial charge on any atom is -0.476 e. The highest BCUT2D eigenvalue weighted by atomic mass is 16.5. The van der Waals surface area contributed by atoms with E-state index < -0.39 is 0 Å². The predicted molar refractivity (Wildman–Crippen MR) is 93.3 cm³/mol. The number of piperazine rings is 1. The van der Waals surface area contributed by atoms with Crippen molar-refractivity contribution in [2.45, 2.75) is 13.0 Å². The minimum atomic E-state index is -0.363. The number of amides is 3. The number of carbonyl (C=O) groups excluding carboxylic acids is 2. The van der Waals surface area contributed by atoms with Gasteiger partial charge in [0, 0.05) is 12.7 Å². The minimum absolute atomic E-state index is 0.00434. The molecule has 2 aromatic rings. The third-order valence-electron chi connectivity index (χ3n) is 3.92. The van der Waals surface area contributed by atoms with E-state index in [0.29, 0.717) is 24.7 Å². The smallest absolute Gasteiger partial charge is 0.323 e. The molecule has 25 heavy (non-hydrogen) atoms. The Morgan fingerprint density at radius 3 is 2.88 bits per heavy atom. The topological polar surface area (TPSA) is 83.6 Å². The van der Waals surface area contributed by atoms with Crippen LogP contribution in [0.5, 0.6) is 5.88 Å². The van der Waals surface area contributed by atoms with E-state index in [1.165, 1.54) is 4.90 Å². The number of benzene rings is 1. The molecule has 3 amide bonds. The highest BCUT2D eigenvalue weighted by molar-refractivity contribution is 5.94. The number of ether oxygens (including phenoxy) is 1. The van der Waals surface area contributed by atoms with E-state index in [1.807, 2.05) is 37.3 Å². The van der Waals surface area contributed by atoms with E-state index in [4.69, 9.17) is 4.74 Å². The molecule has 1 saturated heterocycles. The Kier molecular flexibility index (Phi) is 5.13. The highest BCUT2D eigenvalue weighted by Crippen LogP contribution is 2.25. The van der Waals surface area contributed by atoms with Gasteiger partial charge in [0.25, 0.3) is 0 Å². The molecule has 7 heteroatoms. The zero-order valence-electron chi connectivity index (χ0n) is 13.9. The Bertz CT molecular complexity index is 751. The fourth-order valence-electron chi connectivity index (χ4n) is 2.75. The van der Waals surface area contributed by atoms with Crippen LogP contribution in [0.2, 0.25) is 0 Å². The first-order chi connectivity index (χ1) is 12.2. The summed E-state index contributed by atoms with van der Waals surface area (Å²) >= 11 is 0. The van der Waals surface area contributed by atoms with Crippen LogP contribution in [0.3, 0.4) is 0 Å². The molecule has 1 fully saturated rings. The molecule has 0 saturated carbocycles. The summed E-state index contributed by atoms with van der Waals surface area (Å²) in [6.45, 7) is 2.66. The van der Waals surface area contributed by atoms with Crippen LogP contribution in [-0.2, 0) is 4.79 Å². The van der Waals surface area contributed by atoms with Crippen molar-refractivity contribution in [1.82, 2.24) is 15.2 Å². The number of rotatable bonds is 4. The zero-order valence-corrected chi connectivity index (χ0v) is 13.9. The maximum atomic E-state index is 12.8. The molecule has 1 aliphatic heterocycles. The molecule has 3 rings (SSSR count). The number of carbonyl (C=O) groups is 2. The summed E-state index contributed by atoms with van der Waals surface area (Å²) < 4.78 is 5.43. The molecular weight excluding hydrogens is 320 g/mol. The summed E-state index contributed by atoms with van der Waals surface area (Å²) in [6.07, 6.45) is 1.60. The van der Waals surface area contributed by atoms with Crippen LogP contribution >= 0.6 is 0 Å². The fraction of sp³-hybridized carbons (Fsp3) is 0.278. The normalized spacial score (nSPS) is 16.9. The molecule has 1 unspecified atom stereocenters. The third-order valence-corrected chi connectivity index (χ3v) is 3.92. The molecule has 0 aliphatic carbocycles. The van der Waals surface area contributed by atoms with E-state index in [2.05, 4.69) is 15.6 Å². The average molecular weight is 340 g/mol. The van der Waals surface area contributed by atoms with Crippen molar-refractivity contribution in [3.63, 3.8) is 0 Å². The first-order valence-electron chi connectivity index (χ1n) is 8.16. The van der Waals surface area contributed by atoms with Crippen molar-refractivity contribution in [2.75, 3.05) is 25.0 Å². The quantitative estimate of drug-likeness (QED) is 0.894. The molecule has 0 bridgehead atoms. The number of nitrogens with zero attached hydrogens (tertiary/aromatic N) is 2. The van der Waals surface area contributed by atoms with Gasteiger partial charge in [-0.2, -0.15) is 0 Å². The van der Waals surface area contributed by atoms with Crippen LogP contribution in [0.1, 0.15) is 18.5 Å². The maximum absolute atomic E-state index is 12.8. The summed E-state index contributed by atoms with van der Waals surface area (Å²) in [5.74, 6) is 0.176. The van der Waals surface area contributed by atoms with Crippen LogP contribution in [-0.4, -0.2) is 41.5 Å². The van der Waals surface area contributed by atoms with Crippen molar-refractivity contribution in [2.24, 2.45) is 0 Å². The second-order valence-electron chi connectivity index (χ2n) is 5.58. The van der Waals surface area contributed by atoms with Gasteiger partial charge in [-0.1, -0.05) is 30.3 Å². The van der Waals surface area contributed by atoms with Crippen LogP contribution < -0.4 is 15.4 Å². The second-order valence-corrected chi connectivity index (χ2v) is 5.58. The number of nitrogens with one attached hydrogen (secondary N) is 2. The van der Waals surface area contributed by atoms with E-state index in [0.717, 1.165) is 5.56 Å². The summed E-state index contributed by atoms with van der Waals surface area (Å²) in [6, 6.07) is 12.5. The molecule has 2 heterocycles. The molecule has 0 spiro atoms. The Morgan fingerprint density at radius 1 is 1.32 bits per heavy atom. The van der Waals surface area contributed by atoms with Gasteiger partial charge in [0.2, 0.25) is 11.8 Å². The van der Waals surface area contributed by atoms with Crippen molar-refractivity contribution >= 4 is 17.6 Å². The first kappa shape index (κ1) is 16.8. The lowest BCUT2D eigenvalue weighted by Gasteiger charge is -2.35. The number of hydrogen-bond donors (Lipinski definition) is 2. The SMILES string of the molecule is CCOc1ncccc1NC(=O)N1CC(=O)NCC1c1ccccc1. The zero-order chi connectivity index (χ0) is 17.6. The Hall–Kier alpha value is -3.09. The van der Waals surface area contributed by atoms with Gasteiger partial charge in [0.05, 0.1) is 12.6 Å². The van der Waals surface area contributed by atoms with Gasteiger partial charge in [-0.05, 0) is 24.6 Å². The fourth-order valence-corrected chi connectivity index (χ4v) is 2.75. The van der Waals surface area contributed by atoms with Crippen LogP contribution in [0.25, 0.3) is 0 Å². The summed E-state index contributed by atoms with van der Waals surface area (Å²) in [5.41, 5.74) is 1.45. The lowest BCUT2D eigenvalue weighted by atomic mass is 10.0. The molecular formula is C18H20N4O3. The van der Waals surface area contributed by atoms with Gasteiger partial charge in [-0.15, -0.1) is 0 Å². The molecule has 130 valence electrons. The molecule has 1 atom stereocenters. The Balaban J connectivity index is 1.82. The van der Waals surface area contributed by atoms with Crippen molar-refractivity contribution in [1.29, 1.82) is 0 Å². The summed E-state index contributed by atoms with van der Waals surface area (Å²) in [5, 5.41) is 5.62. The van der Waals surface area contributed by atoms with Crippen molar-refractivity contribution < 1.29 is 14.3 Å². The second kappa shape index (κ2) is 7.65.